The Bertz CT molecular complexity index is 99.1. The predicted molar refractivity (Wildman–Crippen MR) is 32.9 cm³/mol. The second-order valence-electron chi connectivity index (χ2n) is 2.61. The molecule has 1 unspecified atom stereocenters. The first-order valence-electron chi connectivity index (χ1n) is 3.42. The van der Waals surface area contributed by atoms with Crippen molar-refractivity contribution < 1.29 is 9.18 Å². The quantitative estimate of drug-likeness (QED) is 0.531. The van der Waals surface area contributed by atoms with Gasteiger partial charge in [-0.05, 0) is 18.8 Å². The van der Waals surface area contributed by atoms with Crippen LogP contribution in [0.3, 0.4) is 0 Å². The summed E-state index contributed by atoms with van der Waals surface area (Å²) >= 11 is 0. The van der Waals surface area contributed by atoms with Gasteiger partial charge in [0.05, 0.1) is 0 Å². The smallest absolute Gasteiger partial charge is 0.122 e. The average Bonchev–Trinajstić information content (AvgIpc) is 1.60. The van der Waals surface area contributed by atoms with Crippen molar-refractivity contribution in [1.29, 1.82) is 0 Å². The summed E-state index contributed by atoms with van der Waals surface area (Å²) in [7, 11) is 0. The summed E-state index contributed by atoms with van der Waals surface area (Å²) in [4.78, 5) is 9.82. The molecule has 1 aliphatic carbocycles. The molecular formula is C7H11FO. The maximum Gasteiger partial charge on any atom is 0.122 e. The molecule has 1 fully saturated rings. The lowest BCUT2D eigenvalue weighted by Crippen LogP contribution is -2.23. The molecule has 0 bridgehead atoms. The van der Waals surface area contributed by atoms with Gasteiger partial charge in [-0.1, -0.05) is 6.42 Å². The van der Waals surface area contributed by atoms with Crippen LogP contribution in [0.4, 0.5) is 4.39 Å². The second-order valence-corrected chi connectivity index (χ2v) is 2.61. The monoisotopic (exact) mass is 130 g/mol. The van der Waals surface area contributed by atoms with Crippen molar-refractivity contribution in [1.82, 2.24) is 0 Å². The van der Waals surface area contributed by atoms with E-state index in [-0.39, 0.29) is 12.3 Å². The normalized spacial score (nSPS) is 22.8. The van der Waals surface area contributed by atoms with Gasteiger partial charge in [-0.15, -0.1) is 0 Å². The third kappa shape index (κ3) is 1.50. The summed E-state index contributed by atoms with van der Waals surface area (Å²) < 4.78 is 12.6. The number of rotatable bonds is 3. The minimum atomic E-state index is -0.851. The van der Waals surface area contributed by atoms with Gasteiger partial charge in [0.2, 0.25) is 0 Å². The molecule has 9 heavy (non-hydrogen) atoms. The van der Waals surface area contributed by atoms with Gasteiger partial charge < -0.3 is 4.79 Å². The third-order valence-electron chi connectivity index (χ3n) is 1.98. The standard InChI is InChI=1S/C7H11FO/c8-7(4-5-9)6-2-1-3-6/h5-7H,1-4H2. The molecule has 1 atom stereocenters. The molecule has 52 valence electrons. The van der Waals surface area contributed by atoms with Gasteiger partial charge in [0.25, 0.3) is 0 Å². The summed E-state index contributed by atoms with van der Waals surface area (Å²) in [6.07, 6.45) is 3.03. The molecular weight excluding hydrogens is 119 g/mol. The summed E-state index contributed by atoms with van der Waals surface area (Å²) in [5.41, 5.74) is 0. The number of alkyl halides is 1. The van der Waals surface area contributed by atoms with Gasteiger partial charge in [-0.2, -0.15) is 0 Å². The summed E-state index contributed by atoms with van der Waals surface area (Å²) in [5.74, 6) is 0.204. The highest BCUT2D eigenvalue weighted by molar-refractivity contribution is 5.50. The van der Waals surface area contributed by atoms with E-state index in [0.717, 1.165) is 19.3 Å². The molecule has 0 aromatic rings. The van der Waals surface area contributed by atoms with Crippen molar-refractivity contribution in [2.24, 2.45) is 5.92 Å². The van der Waals surface area contributed by atoms with Crippen LogP contribution in [-0.2, 0) is 4.79 Å². The highest BCUT2D eigenvalue weighted by Gasteiger charge is 2.26. The Labute approximate surface area is 54.3 Å². The number of hydrogen-bond acceptors (Lipinski definition) is 1. The van der Waals surface area contributed by atoms with E-state index in [4.69, 9.17) is 0 Å². The minimum absolute atomic E-state index is 0.102. The van der Waals surface area contributed by atoms with Crippen LogP contribution < -0.4 is 0 Å². The minimum Gasteiger partial charge on any atom is -0.303 e. The first-order chi connectivity index (χ1) is 4.34. The van der Waals surface area contributed by atoms with Crippen molar-refractivity contribution in [2.75, 3.05) is 0 Å². The lowest BCUT2D eigenvalue weighted by molar-refractivity contribution is -0.109. The van der Waals surface area contributed by atoms with Crippen LogP contribution in [0.15, 0.2) is 0 Å². The van der Waals surface area contributed by atoms with E-state index < -0.39 is 6.17 Å². The Morgan fingerprint density at radius 3 is 2.67 bits per heavy atom. The Morgan fingerprint density at radius 1 is 1.67 bits per heavy atom. The molecule has 0 spiro atoms. The predicted octanol–water partition coefficient (Wildman–Crippen LogP) is 1.71. The van der Waals surface area contributed by atoms with Gasteiger partial charge in [-0.25, -0.2) is 4.39 Å². The fourth-order valence-electron chi connectivity index (χ4n) is 1.09. The Hall–Kier alpha value is -0.400. The highest BCUT2D eigenvalue weighted by atomic mass is 19.1. The molecule has 1 saturated carbocycles. The Balaban J connectivity index is 2.15. The maximum absolute atomic E-state index is 12.6. The SMILES string of the molecule is O=CCC(F)C1CCC1. The van der Waals surface area contributed by atoms with Crippen molar-refractivity contribution in [3.05, 3.63) is 0 Å². The molecule has 0 saturated heterocycles. The highest BCUT2D eigenvalue weighted by Crippen LogP contribution is 2.32. The third-order valence-corrected chi connectivity index (χ3v) is 1.98. The van der Waals surface area contributed by atoms with E-state index in [1.54, 1.807) is 0 Å². The van der Waals surface area contributed by atoms with Gasteiger partial charge in [0, 0.05) is 6.42 Å². The molecule has 0 heterocycles. The van der Waals surface area contributed by atoms with E-state index >= 15 is 0 Å². The van der Waals surface area contributed by atoms with Gasteiger partial charge >= 0.3 is 0 Å². The van der Waals surface area contributed by atoms with Gasteiger partial charge in [-0.3, -0.25) is 0 Å². The maximum atomic E-state index is 12.6. The number of aldehydes is 1. The van der Waals surface area contributed by atoms with Crippen LogP contribution in [0.1, 0.15) is 25.7 Å². The molecule has 0 amide bonds. The Kier molecular flexibility index (Phi) is 2.20. The second kappa shape index (κ2) is 2.95. The van der Waals surface area contributed by atoms with E-state index in [1.165, 1.54) is 0 Å². The van der Waals surface area contributed by atoms with Crippen LogP contribution in [0, 0.1) is 5.92 Å². The Morgan fingerprint density at radius 2 is 2.33 bits per heavy atom. The largest absolute Gasteiger partial charge is 0.303 e. The van der Waals surface area contributed by atoms with Crippen LogP contribution in [0.25, 0.3) is 0 Å². The number of halogens is 1. The molecule has 2 heteroatoms. The summed E-state index contributed by atoms with van der Waals surface area (Å²) in [5, 5.41) is 0. The summed E-state index contributed by atoms with van der Waals surface area (Å²) in [6.45, 7) is 0. The number of carbonyl (C=O) groups excluding carboxylic acids is 1. The number of carbonyl (C=O) groups is 1. The molecule has 0 aromatic heterocycles. The molecule has 0 aromatic carbocycles. The fraction of sp³-hybridized carbons (Fsp3) is 0.857. The van der Waals surface area contributed by atoms with Crippen LogP contribution in [0.5, 0.6) is 0 Å². The molecule has 1 aliphatic rings. The fourth-order valence-corrected chi connectivity index (χ4v) is 1.09. The van der Waals surface area contributed by atoms with Crippen molar-refractivity contribution in [2.45, 2.75) is 31.9 Å². The van der Waals surface area contributed by atoms with Gasteiger partial charge in [0.15, 0.2) is 0 Å². The number of hydrogen-bond donors (Lipinski definition) is 0. The average molecular weight is 130 g/mol. The lowest BCUT2D eigenvalue weighted by Gasteiger charge is -2.27. The van der Waals surface area contributed by atoms with E-state index in [2.05, 4.69) is 0 Å². The first-order valence-corrected chi connectivity index (χ1v) is 3.42. The van der Waals surface area contributed by atoms with Crippen molar-refractivity contribution >= 4 is 6.29 Å². The zero-order valence-corrected chi connectivity index (χ0v) is 5.35. The molecule has 0 radical (unpaired) electrons. The lowest BCUT2D eigenvalue weighted by atomic mass is 9.81. The van der Waals surface area contributed by atoms with Crippen molar-refractivity contribution in [3.63, 3.8) is 0 Å². The van der Waals surface area contributed by atoms with Gasteiger partial charge in [0.1, 0.15) is 12.5 Å². The molecule has 1 nitrogen and oxygen atoms in total. The zero-order valence-electron chi connectivity index (χ0n) is 5.35. The van der Waals surface area contributed by atoms with E-state index in [1.807, 2.05) is 0 Å². The molecule has 0 aliphatic heterocycles. The van der Waals surface area contributed by atoms with Crippen LogP contribution in [0.2, 0.25) is 0 Å². The first kappa shape index (κ1) is 6.72. The van der Waals surface area contributed by atoms with Crippen LogP contribution in [-0.4, -0.2) is 12.5 Å². The van der Waals surface area contributed by atoms with Crippen LogP contribution >= 0.6 is 0 Å². The van der Waals surface area contributed by atoms with Crippen molar-refractivity contribution in [3.8, 4) is 0 Å². The van der Waals surface area contributed by atoms with E-state index in [0.29, 0.717) is 6.29 Å². The molecule has 1 rings (SSSR count). The topological polar surface area (TPSA) is 17.1 Å². The summed E-state index contributed by atoms with van der Waals surface area (Å²) in [6, 6.07) is 0. The van der Waals surface area contributed by atoms with E-state index in [9.17, 15) is 9.18 Å². The molecule has 0 N–H and O–H groups in total. The zero-order chi connectivity index (χ0) is 6.69.